The molecule has 2 heterocycles. The van der Waals surface area contributed by atoms with Gasteiger partial charge >= 0.3 is 0 Å². The van der Waals surface area contributed by atoms with Crippen molar-refractivity contribution in [2.24, 2.45) is 0 Å². The first-order valence-electron chi connectivity index (χ1n) is 5.72. The smallest absolute Gasteiger partial charge is 0.286 e. The topological polar surface area (TPSA) is 55.1 Å². The van der Waals surface area contributed by atoms with Crippen LogP contribution in [0.2, 0.25) is 0 Å². The van der Waals surface area contributed by atoms with Gasteiger partial charge in [0.1, 0.15) is 0 Å². The molecule has 0 saturated carbocycles. The van der Waals surface area contributed by atoms with Crippen molar-refractivity contribution < 1.29 is 9.21 Å². The van der Waals surface area contributed by atoms with Gasteiger partial charge in [-0.15, -0.1) is 11.8 Å². The molecule has 0 unspecified atom stereocenters. The quantitative estimate of drug-likeness (QED) is 0.642. The Bertz CT molecular complexity index is 471. The van der Waals surface area contributed by atoms with Crippen LogP contribution in [0.15, 0.2) is 52.2 Å². The minimum atomic E-state index is -0.164. The van der Waals surface area contributed by atoms with Gasteiger partial charge in [0.25, 0.3) is 5.91 Å². The zero-order chi connectivity index (χ0) is 12.6. The maximum atomic E-state index is 11.5. The van der Waals surface area contributed by atoms with Crippen LogP contribution in [0.25, 0.3) is 0 Å². The molecule has 0 atom stereocenters. The van der Waals surface area contributed by atoms with E-state index >= 15 is 0 Å². The summed E-state index contributed by atoms with van der Waals surface area (Å²) in [6.07, 6.45) is 4.17. The first-order chi connectivity index (χ1) is 8.86. The van der Waals surface area contributed by atoms with E-state index in [9.17, 15) is 4.79 Å². The predicted molar refractivity (Wildman–Crippen MR) is 70.6 cm³/mol. The van der Waals surface area contributed by atoms with E-state index in [1.54, 1.807) is 30.1 Å². The number of pyridine rings is 1. The summed E-state index contributed by atoms with van der Waals surface area (Å²) in [5.74, 6) is 1.12. The lowest BCUT2D eigenvalue weighted by Crippen LogP contribution is -2.24. The van der Waals surface area contributed by atoms with Crippen molar-refractivity contribution >= 4 is 17.7 Å². The summed E-state index contributed by atoms with van der Waals surface area (Å²) >= 11 is 1.68. The molecule has 5 heteroatoms. The van der Waals surface area contributed by atoms with Crippen LogP contribution in [0.5, 0.6) is 0 Å². The van der Waals surface area contributed by atoms with Crippen LogP contribution >= 0.6 is 11.8 Å². The molecule has 1 amide bonds. The second-order valence-corrected chi connectivity index (χ2v) is 4.72. The zero-order valence-electron chi connectivity index (χ0n) is 9.83. The van der Waals surface area contributed by atoms with Crippen molar-refractivity contribution in [3.63, 3.8) is 0 Å². The fourth-order valence-electron chi connectivity index (χ4n) is 1.38. The third-order valence-corrected chi connectivity index (χ3v) is 3.27. The largest absolute Gasteiger partial charge is 0.459 e. The van der Waals surface area contributed by atoms with Gasteiger partial charge in [-0.3, -0.25) is 4.79 Å². The molecule has 94 valence electrons. The van der Waals surface area contributed by atoms with Crippen LogP contribution in [0.4, 0.5) is 0 Å². The predicted octanol–water partition coefficient (Wildman–Crippen LogP) is 2.59. The molecule has 0 aliphatic carbocycles. The Balaban J connectivity index is 1.61. The third kappa shape index (κ3) is 3.92. The number of thioether (sulfide) groups is 1. The summed E-state index contributed by atoms with van der Waals surface area (Å²) in [6, 6.07) is 9.19. The molecular weight excluding hydrogens is 248 g/mol. The van der Waals surface area contributed by atoms with Gasteiger partial charge in [-0.25, -0.2) is 4.98 Å². The fourth-order valence-corrected chi connectivity index (χ4v) is 2.19. The van der Waals surface area contributed by atoms with Gasteiger partial charge in [-0.05, 0) is 30.7 Å². The van der Waals surface area contributed by atoms with E-state index in [4.69, 9.17) is 4.42 Å². The normalized spacial score (nSPS) is 10.2. The van der Waals surface area contributed by atoms with E-state index in [-0.39, 0.29) is 5.91 Å². The molecule has 2 rings (SSSR count). The first kappa shape index (κ1) is 12.7. The Kier molecular flexibility index (Phi) is 4.84. The number of hydrogen-bond acceptors (Lipinski definition) is 4. The lowest BCUT2D eigenvalue weighted by atomic mass is 10.4. The maximum absolute atomic E-state index is 11.5. The minimum Gasteiger partial charge on any atom is -0.459 e. The number of amides is 1. The second-order valence-electron chi connectivity index (χ2n) is 3.60. The van der Waals surface area contributed by atoms with Gasteiger partial charge in [0, 0.05) is 18.5 Å². The van der Waals surface area contributed by atoms with Gasteiger partial charge in [-0.1, -0.05) is 6.07 Å². The average Bonchev–Trinajstić information content (AvgIpc) is 2.93. The highest BCUT2D eigenvalue weighted by atomic mass is 32.2. The van der Waals surface area contributed by atoms with Gasteiger partial charge < -0.3 is 9.73 Å². The number of carbonyl (C=O) groups excluding carboxylic acids is 1. The van der Waals surface area contributed by atoms with E-state index in [1.165, 1.54) is 6.26 Å². The number of furan rings is 1. The first-order valence-corrected chi connectivity index (χ1v) is 6.70. The average molecular weight is 262 g/mol. The molecule has 1 N–H and O–H groups in total. The Morgan fingerprint density at radius 3 is 3.00 bits per heavy atom. The number of carbonyl (C=O) groups is 1. The van der Waals surface area contributed by atoms with Crippen molar-refractivity contribution in [1.82, 2.24) is 10.3 Å². The minimum absolute atomic E-state index is 0.164. The highest BCUT2D eigenvalue weighted by molar-refractivity contribution is 7.99. The Hall–Kier alpha value is -1.75. The number of rotatable bonds is 6. The summed E-state index contributed by atoms with van der Waals surface area (Å²) in [5.41, 5.74) is 0. The van der Waals surface area contributed by atoms with Crippen LogP contribution in [0, 0.1) is 0 Å². The van der Waals surface area contributed by atoms with Crippen molar-refractivity contribution in [1.29, 1.82) is 0 Å². The summed E-state index contributed by atoms with van der Waals surface area (Å²) in [4.78, 5) is 15.7. The maximum Gasteiger partial charge on any atom is 0.286 e. The summed E-state index contributed by atoms with van der Waals surface area (Å²) in [7, 11) is 0. The zero-order valence-corrected chi connectivity index (χ0v) is 10.7. The highest BCUT2D eigenvalue weighted by Crippen LogP contribution is 2.14. The molecule has 0 bridgehead atoms. The van der Waals surface area contributed by atoms with E-state index < -0.39 is 0 Å². The number of nitrogens with one attached hydrogen (secondary N) is 1. The van der Waals surface area contributed by atoms with Gasteiger partial charge in [-0.2, -0.15) is 0 Å². The SMILES string of the molecule is O=C(NCCCSc1ccccn1)c1ccco1. The van der Waals surface area contributed by atoms with E-state index in [0.29, 0.717) is 12.3 Å². The van der Waals surface area contributed by atoms with E-state index in [0.717, 1.165) is 17.2 Å². The lowest BCUT2D eigenvalue weighted by Gasteiger charge is -2.03. The van der Waals surface area contributed by atoms with Crippen molar-refractivity contribution in [2.75, 3.05) is 12.3 Å². The van der Waals surface area contributed by atoms with Crippen LogP contribution in [0.3, 0.4) is 0 Å². The molecule has 2 aromatic rings. The molecule has 0 aliphatic rings. The lowest BCUT2D eigenvalue weighted by molar-refractivity contribution is 0.0926. The molecule has 2 aromatic heterocycles. The molecule has 18 heavy (non-hydrogen) atoms. The summed E-state index contributed by atoms with van der Waals surface area (Å²) in [6.45, 7) is 0.638. The molecule has 0 aliphatic heterocycles. The molecular formula is C13H14N2O2S. The third-order valence-electron chi connectivity index (χ3n) is 2.24. The van der Waals surface area contributed by atoms with Crippen LogP contribution in [-0.2, 0) is 0 Å². The second kappa shape index (κ2) is 6.86. The molecule has 0 radical (unpaired) electrons. The molecule has 0 spiro atoms. The molecule has 4 nitrogen and oxygen atoms in total. The summed E-state index contributed by atoms with van der Waals surface area (Å²) < 4.78 is 4.99. The molecule has 0 fully saturated rings. The van der Waals surface area contributed by atoms with Crippen LogP contribution in [0.1, 0.15) is 17.0 Å². The standard InChI is InChI=1S/C13H14N2O2S/c16-13(11-5-3-9-17-11)15-8-4-10-18-12-6-1-2-7-14-12/h1-3,5-7,9H,4,8,10H2,(H,15,16). The summed E-state index contributed by atoms with van der Waals surface area (Å²) in [5, 5.41) is 3.81. The van der Waals surface area contributed by atoms with Crippen molar-refractivity contribution in [2.45, 2.75) is 11.4 Å². The number of aromatic nitrogens is 1. The molecule has 0 aromatic carbocycles. The van der Waals surface area contributed by atoms with E-state index in [1.807, 2.05) is 18.2 Å². The van der Waals surface area contributed by atoms with Gasteiger partial charge in [0.2, 0.25) is 0 Å². The Morgan fingerprint density at radius 2 is 2.28 bits per heavy atom. The highest BCUT2D eigenvalue weighted by Gasteiger charge is 2.06. The van der Waals surface area contributed by atoms with Crippen molar-refractivity contribution in [3.8, 4) is 0 Å². The number of nitrogens with zero attached hydrogens (tertiary/aromatic N) is 1. The monoisotopic (exact) mass is 262 g/mol. The Morgan fingerprint density at radius 1 is 1.33 bits per heavy atom. The van der Waals surface area contributed by atoms with Crippen molar-refractivity contribution in [3.05, 3.63) is 48.6 Å². The number of hydrogen-bond donors (Lipinski definition) is 1. The molecule has 0 saturated heterocycles. The van der Waals surface area contributed by atoms with Gasteiger partial charge in [0.15, 0.2) is 5.76 Å². The fraction of sp³-hybridized carbons (Fsp3) is 0.231. The Labute approximate surface area is 110 Å². The van der Waals surface area contributed by atoms with Crippen LogP contribution in [-0.4, -0.2) is 23.2 Å². The van der Waals surface area contributed by atoms with Crippen LogP contribution < -0.4 is 5.32 Å². The van der Waals surface area contributed by atoms with E-state index in [2.05, 4.69) is 10.3 Å². The van der Waals surface area contributed by atoms with Gasteiger partial charge in [0.05, 0.1) is 11.3 Å².